The van der Waals surface area contributed by atoms with E-state index in [1.54, 1.807) is 10.7 Å². The first kappa shape index (κ1) is 15.9. The molecule has 0 atom stereocenters. The molecule has 0 bridgehead atoms. The van der Waals surface area contributed by atoms with E-state index >= 15 is 0 Å². The van der Waals surface area contributed by atoms with E-state index < -0.39 is 11.6 Å². The number of aryl methyl sites for hydroxylation is 2. The maximum Gasteiger partial charge on any atom is 0.232 e. The molecular weight excluding hydrogens is 316 g/mol. The molecule has 0 aliphatic rings. The Kier molecular flexibility index (Phi) is 4.16. The van der Waals surface area contributed by atoms with Gasteiger partial charge in [0.25, 0.3) is 0 Å². The van der Waals surface area contributed by atoms with Crippen molar-refractivity contribution in [2.24, 2.45) is 0 Å². The van der Waals surface area contributed by atoms with Crippen molar-refractivity contribution < 1.29 is 18.3 Å². The van der Waals surface area contributed by atoms with Gasteiger partial charge in [-0.2, -0.15) is 5.10 Å². The zero-order chi connectivity index (χ0) is 17.3. The van der Waals surface area contributed by atoms with Gasteiger partial charge in [-0.1, -0.05) is 6.07 Å². The van der Waals surface area contributed by atoms with Crippen molar-refractivity contribution in [3.8, 4) is 11.5 Å². The summed E-state index contributed by atoms with van der Waals surface area (Å²) < 4.78 is 34.3. The Balaban J connectivity index is 1.96. The number of hydrogen-bond donors (Lipinski definition) is 1. The maximum atomic E-state index is 13.8. The van der Waals surface area contributed by atoms with Gasteiger partial charge in [0.05, 0.1) is 5.69 Å². The first-order valence-electron chi connectivity index (χ1n) is 7.35. The molecule has 2 heterocycles. The SMILES string of the molecule is CCn1nc(C)cc1/C(O)=C/c1coc(-c2c(F)cccc2F)n1. The normalized spacial score (nSPS) is 11.9. The van der Waals surface area contributed by atoms with E-state index in [1.807, 2.05) is 13.8 Å². The minimum atomic E-state index is -0.767. The van der Waals surface area contributed by atoms with Crippen LogP contribution in [0.15, 0.2) is 34.9 Å². The number of nitrogens with zero attached hydrogens (tertiary/aromatic N) is 3. The van der Waals surface area contributed by atoms with Crippen LogP contribution in [0.25, 0.3) is 23.3 Å². The van der Waals surface area contributed by atoms with Crippen molar-refractivity contribution in [3.05, 3.63) is 59.2 Å². The molecule has 0 aliphatic heterocycles. The summed E-state index contributed by atoms with van der Waals surface area (Å²) in [4.78, 5) is 4.02. The molecule has 0 amide bonds. The highest BCUT2D eigenvalue weighted by molar-refractivity contribution is 5.74. The standard InChI is InChI=1S/C17H15F2N3O2/c1-3-22-14(7-10(2)21-22)15(23)8-11-9-24-17(20-11)16-12(18)5-4-6-13(16)19/h4-9,23H,3H2,1-2H3/b15-8-. The fourth-order valence-electron chi connectivity index (χ4n) is 2.38. The molecule has 0 fully saturated rings. The Bertz CT molecular complexity index is 892. The first-order chi connectivity index (χ1) is 11.5. The fraction of sp³-hybridized carbons (Fsp3) is 0.176. The van der Waals surface area contributed by atoms with Gasteiger partial charge in [0.15, 0.2) is 0 Å². The zero-order valence-electron chi connectivity index (χ0n) is 13.1. The van der Waals surface area contributed by atoms with Crippen LogP contribution in [0, 0.1) is 18.6 Å². The monoisotopic (exact) mass is 331 g/mol. The van der Waals surface area contributed by atoms with Gasteiger partial charge >= 0.3 is 0 Å². The quantitative estimate of drug-likeness (QED) is 0.728. The zero-order valence-corrected chi connectivity index (χ0v) is 13.1. The maximum absolute atomic E-state index is 13.8. The van der Waals surface area contributed by atoms with Gasteiger partial charge in [0.1, 0.15) is 40.6 Å². The van der Waals surface area contributed by atoms with Gasteiger partial charge in [-0.3, -0.25) is 4.68 Å². The van der Waals surface area contributed by atoms with Crippen molar-refractivity contribution in [1.82, 2.24) is 14.8 Å². The second-order valence-electron chi connectivity index (χ2n) is 5.19. The van der Waals surface area contributed by atoms with Gasteiger partial charge in [-0.05, 0) is 32.0 Å². The second-order valence-corrected chi connectivity index (χ2v) is 5.19. The van der Waals surface area contributed by atoms with Gasteiger partial charge in [-0.15, -0.1) is 0 Å². The molecule has 0 radical (unpaired) electrons. The van der Waals surface area contributed by atoms with Gasteiger partial charge in [0.2, 0.25) is 5.89 Å². The van der Waals surface area contributed by atoms with E-state index in [2.05, 4.69) is 10.1 Å². The summed E-state index contributed by atoms with van der Waals surface area (Å²) >= 11 is 0. The van der Waals surface area contributed by atoms with E-state index in [4.69, 9.17) is 4.42 Å². The summed E-state index contributed by atoms with van der Waals surface area (Å²) in [6, 6.07) is 5.24. The molecule has 0 unspecified atom stereocenters. The molecule has 0 aliphatic carbocycles. The molecule has 0 saturated heterocycles. The lowest BCUT2D eigenvalue weighted by molar-refractivity contribution is 0.498. The summed E-state index contributed by atoms with van der Waals surface area (Å²) in [5.74, 6) is -1.79. The van der Waals surface area contributed by atoms with Gasteiger partial charge in [0, 0.05) is 12.6 Å². The number of benzene rings is 1. The lowest BCUT2D eigenvalue weighted by atomic mass is 10.2. The topological polar surface area (TPSA) is 64.1 Å². The van der Waals surface area contributed by atoms with Crippen molar-refractivity contribution in [2.75, 3.05) is 0 Å². The molecular formula is C17H15F2N3O2. The van der Waals surface area contributed by atoms with E-state index in [0.29, 0.717) is 12.2 Å². The Labute approximate surface area is 136 Å². The molecule has 0 saturated carbocycles. The molecule has 2 aromatic heterocycles. The van der Waals surface area contributed by atoms with Crippen LogP contribution in [0.5, 0.6) is 0 Å². The number of rotatable bonds is 4. The molecule has 5 nitrogen and oxygen atoms in total. The Hall–Kier alpha value is -2.96. The number of hydrogen-bond acceptors (Lipinski definition) is 4. The van der Waals surface area contributed by atoms with E-state index in [-0.39, 0.29) is 22.9 Å². The summed E-state index contributed by atoms with van der Waals surface area (Å²) in [7, 11) is 0. The van der Waals surface area contributed by atoms with Crippen LogP contribution in [0.2, 0.25) is 0 Å². The van der Waals surface area contributed by atoms with E-state index in [0.717, 1.165) is 17.8 Å². The van der Waals surface area contributed by atoms with Gasteiger partial charge in [-0.25, -0.2) is 13.8 Å². The molecule has 7 heteroatoms. The van der Waals surface area contributed by atoms with Crippen molar-refractivity contribution in [2.45, 2.75) is 20.4 Å². The minimum Gasteiger partial charge on any atom is -0.506 e. The van der Waals surface area contributed by atoms with Crippen LogP contribution >= 0.6 is 0 Å². The van der Waals surface area contributed by atoms with E-state index in [1.165, 1.54) is 18.4 Å². The Morgan fingerprint density at radius 3 is 2.71 bits per heavy atom. The third-order valence-corrected chi connectivity index (χ3v) is 3.45. The largest absolute Gasteiger partial charge is 0.506 e. The average Bonchev–Trinajstić information content (AvgIpc) is 3.13. The van der Waals surface area contributed by atoms with Crippen LogP contribution in [0.1, 0.15) is 24.0 Å². The third kappa shape index (κ3) is 2.92. The highest BCUT2D eigenvalue weighted by Gasteiger charge is 2.17. The highest BCUT2D eigenvalue weighted by Crippen LogP contribution is 2.26. The molecule has 124 valence electrons. The van der Waals surface area contributed by atoms with Crippen LogP contribution in [-0.2, 0) is 6.54 Å². The third-order valence-electron chi connectivity index (χ3n) is 3.45. The number of aromatic nitrogens is 3. The van der Waals surface area contributed by atoms with Crippen LogP contribution < -0.4 is 0 Å². The summed E-state index contributed by atoms with van der Waals surface area (Å²) in [6.45, 7) is 4.31. The number of halogens is 2. The lowest BCUT2D eigenvalue weighted by Gasteiger charge is -2.02. The van der Waals surface area contributed by atoms with Crippen molar-refractivity contribution in [1.29, 1.82) is 0 Å². The minimum absolute atomic E-state index is 0.0636. The fourth-order valence-corrected chi connectivity index (χ4v) is 2.38. The lowest BCUT2D eigenvalue weighted by Crippen LogP contribution is -2.01. The highest BCUT2D eigenvalue weighted by atomic mass is 19.1. The second kappa shape index (κ2) is 6.27. The van der Waals surface area contributed by atoms with Crippen molar-refractivity contribution in [3.63, 3.8) is 0 Å². The number of aliphatic hydroxyl groups is 1. The summed E-state index contributed by atoms with van der Waals surface area (Å²) in [6.07, 6.45) is 2.57. The first-order valence-corrected chi connectivity index (χ1v) is 7.35. The summed E-state index contributed by atoms with van der Waals surface area (Å²) in [5.41, 5.74) is 1.19. The predicted molar refractivity (Wildman–Crippen MR) is 85.0 cm³/mol. The van der Waals surface area contributed by atoms with E-state index in [9.17, 15) is 13.9 Å². The van der Waals surface area contributed by atoms with Crippen LogP contribution in [0.3, 0.4) is 0 Å². The Morgan fingerprint density at radius 2 is 2.04 bits per heavy atom. The molecule has 1 aromatic carbocycles. The van der Waals surface area contributed by atoms with Gasteiger partial charge < -0.3 is 9.52 Å². The molecule has 0 spiro atoms. The van der Waals surface area contributed by atoms with Crippen LogP contribution in [0.4, 0.5) is 8.78 Å². The molecule has 24 heavy (non-hydrogen) atoms. The van der Waals surface area contributed by atoms with Crippen molar-refractivity contribution >= 4 is 11.8 Å². The Morgan fingerprint density at radius 1 is 1.33 bits per heavy atom. The average molecular weight is 331 g/mol. The smallest absolute Gasteiger partial charge is 0.232 e. The number of oxazole rings is 1. The summed E-state index contributed by atoms with van der Waals surface area (Å²) in [5, 5.41) is 14.5. The molecule has 1 N–H and O–H groups in total. The number of aliphatic hydroxyl groups excluding tert-OH is 1. The van der Waals surface area contributed by atoms with Crippen LogP contribution in [-0.4, -0.2) is 19.9 Å². The predicted octanol–water partition coefficient (Wildman–Crippen LogP) is 4.20. The molecule has 3 aromatic rings. The molecule has 3 rings (SSSR count).